The molecule has 1 saturated heterocycles. The average molecular weight is 417 g/mol. The number of rotatable bonds is 7. The summed E-state index contributed by atoms with van der Waals surface area (Å²) in [5, 5.41) is 3.04. The fraction of sp³-hybridized carbons (Fsp3) is 0.407. The van der Waals surface area contributed by atoms with Gasteiger partial charge in [0.2, 0.25) is 11.8 Å². The second kappa shape index (κ2) is 9.09. The van der Waals surface area contributed by atoms with Gasteiger partial charge >= 0.3 is 0 Å². The molecule has 2 amide bonds. The van der Waals surface area contributed by atoms with E-state index in [1.54, 1.807) is 6.08 Å². The minimum Gasteiger partial charge on any atom is -0.352 e. The normalized spacial score (nSPS) is 17.8. The Morgan fingerprint density at radius 1 is 1.13 bits per heavy atom. The number of piperidine rings is 1. The number of benzene rings is 2. The third-order valence-electron chi connectivity index (χ3n) is 6.77. The molecule has 0 radical (unpaired) electrons. The zero-order valence-electron chi connectivity index (χ0n) is 18.4. The molecule has 1 heterocycles. The van der Waals surface area contributed by atoms with E-state index in [-0.39, 0.29) is 17.7 Å². The van der Waals surface area contributed by atoms with E-state index in [4.69, 9.17) is 0 Å². The van der Waals surface area contributed by atoms with Gasteiger partial charge < -0.3 is 10.2 Å². The van der Waals surface area contributed by atoms with Crippen LogP contribution in [0, 0.1) is 18.3 Å². The first-order valence-electron chi connectivity index (χ1n) is 11.4. The monoisotopic (exact) mass is 416 g/mol. The van der Waals surface area contributed by atoms with Gasteiger partial charge in [0.15, 0.2) is 0 Å². The lowest BCUT2D eigenvalue weighted by molar-refractivity contribution is -0.141. The number of likely N-dealkylation sites (tertiary alicyclic amines) is 1. The fourth-order valence-corrected chi connectivity index (χ4v) is 4.72. The van der Waals surface area contributed by atoms with Crippen molar-refractivity contribution in [3.8, 4) is 11.1 Å². The Bertz CT molecular complexity index is 969. The summed E-state index contributed by atoms with van der Waals surface area (Å²) in [6, 6.07) is 16.9. The van der Waals surface area contributed by atoms with E-state index in [0.717, 1.165) is 18.4 Å². The van der Waals surface area contributed by atoms with E-state index in [9.17, 15) is 9.59 Å². The zero-order chi connectivity index (χ0) is 21.8. The van der Waals surface area contributed by atoms with Gasteiger partial charge in [-0.3, -0.25) is 9.59 Å². The van der Waals surface area contributed by atoms with Crippen molar-refractivity contribution in [2.75, 3.05) is 19.6 Å². The molecule has 0 spiro atoms. The van der Waals surface area contributed by atoms with Crippen LogP contribution in [0.3, 0.4) is 0 Å². The molecule has 4 heteroatoms. The van der Waals surface area contributed by atoms with Crippen LogP contribution < -0.4 is 5.32 Å². The largest absolute Gasteiger partial charge is 0.352 e. The van der Waals surface area contributed by atoms with Gasteiger partial charge in [-0.05, 0) is 61.3 Å². The summed E-state index contributed by atoms with van der Waals surface area (Å²) in [5.74, 6) is 0.585. The van der Waals surface area contributed by atoms with Gasteiger partial charge in [0.25, 0.3) is 0 Å². The van der Waals surface area contributed by atoms with Crippen LogP contribution in [0.4, 0.5) is 0 Å². The number of nitrogens with one attached hydrogen (secondary N) is 1. The Labute approximate surface area is 185 Å². The van der Waals surface area contributed by atoms with E-state index < -0.39 is 5.41 Å². The van der Waals surface area contributed by atoms with Crippen LogP contribution in [0.1, 0.15) is 36.8 Å². The highest BCUT2D eigenvalue weighted by Crippen LogP contribution is 2.39. The summed E-state index contributed by atoms with van der Waals surface area (Å²) >= 11 is 0. The summed E-state index contributed by atoms with van der Waals surface area (Å²) in [6.45, 7) is 7.64. The minimum absolute atomic E-state index is 0.0761. The first-order chi connectivity index (χ1) is 15.0. The maximum Gasteiger partial charge on any atom is 0.226 e. The van der Waals surface area contributed by atoms with Crippen LogP contribution in [0.2, 0.25) is 0 Å². The highest BCUT2D eigenvalue weighted by Gasteiger charge is 2.44. The maximum absolute atomic E-state index is 13.3. The highest BCUT2D eigenvalue weighted by atomic mass is 16.2. The van der Waals surface area contributed by atoms with Crippen LogP contribution in [-0.2, 0) is 16.0 Å². The SMILES string of the molecule is C=CCNC(=O)C1(Cc2cccc(-c3ccccc3C)c2)CCN(C(=O)C2CC2)CC1. The van der Waals surface area contributed by atoms with Crippen LogP contribution >= 0.6 is 0 Å². The van der Waals surface area contributed by atoms with Crippen molar-refractivity contribution in [3.63, 3.8) is 0 Å². The van der Waals surface area contributed by atoms with Gasteiger partial charge in [-0.1, -0.05) is 54.6 Å². The Hall–Kier alpha value is -2.88. The molecule has 2 aromatic carbocycles. The van der Waals surface area contributed by atoms with Gasteiger partial charge in [-0.25, -0.2) is 0 Å². The number of hydrogen-bond acceptors (Lipinski definition) is 2. The molecule has 31 heavy (non-hydrogen) atoms. The molecule has 1 saturated carbocycles. The molecule has 1 aliphatic carbocycles. The second-order valence-corrected chi connectivity index (χ2v) is 9.07. The third kappa shape index (κ3) is 4.73. The lowest BCUT2D eigenvalue weighted by Gasteiger charge is -2.41. The summed E-state index contributed by atoms with van der Waals surface area (Å²) in [6.07, 6.45) is 5.83. The molecule has 2 aliphatic rings. The summed E-state index contributed by atoms with van der Waals surface area (Å²) in [4.78, 5) is 27.7. The molecule has 2 fully saturated rings. The van der Waals surface area contributed by atoms with Crippen molar-refractivity contribution in [2.45, 2.75) is 39.0 Å². The molecular formula is C27H32N2O2. The molecule has 2 aromatic rings. The summed E-state index contributed by atoms with van der Waals surface area (Å²) < 4.78 is 0. The van der Waals surface area contributed by atoms with Crippen molar-refractivity contribution in [1.29, 1.82) is 0 Å². The predicted molar refractivity (Wildman–Crippen MR) is 124 cm³/mol. The van der Waals surface area contributed by atoms with Gasteiger partial charge in [0, 0.05) is 25.6 Å². The lowest BCUT2D eigenvalue weighted by Crippen LogP contribution is -2.51. The molecule has 162 valence electrons. The highest BCUT2D eigenvalue weighted by molar-refractivity contribution is 5.85. The van der Waals surface area contributed by atoms with Gasteiger partial charge in [0.1, 0.15) is 0 Å². The number of hydrogen-bond donors (Lipinski definition) is 1. The molecule has 0 aromatic heterocycles. The summed E-state index contributed by atoms with van der Waals surface area (Å²) in [7, 11) is 0. The van der Waals surface area contributed by atoms with Crippen molar-refractivity contribution < 1.29 is 9.59 Å². The first-order valence-corrected chi connectivity index (χ1v) is 11.4. The summed E-state index contributed by atoms with van der Waals surface area (Å²) in [5.41, 5.74) is 4.31. The number of carbonyl (C=O) groups is 2. The van der Waals surface area contributed by atoms with Crippen molar-refractivity contribution in [2.24, 2.45) is 11.3 Å². The topological polar surface area (TPSA) is 49.4 Å². The molecule has 0 unspecified atom stereocenters. The van der Waals surface area contributed by atoms with Crippen LogP contribution in [-0.4, -0.2) is 36.3 Å². The van der Waals surface area contributed by atoms with Crippen LogP contribution in [0.25, 0.3) is 11.1 Å². The molecule has 4 nitrogen and oxygen atoms in total. The molecule has 1 aliphatic heterocycles. The third-order valence-corrected chi connectivity index (χ3v) is 6.77. The van der Waals surface area contributed by atoms with Gasteiger partial charge in [-0.2, -0.15) is 0 Å². The van der Waals surface area contributed by atoms with Crippen molar-refractivity contribution in [1.82, 2.24) is 10.2 Å². The van der Waals surface area contributed by atoms with E-state index in [1.165, 1.54) is 16.7 Å². The standard InChI is InChI=1S/C27H32N2O2/c1-3-15-28-26(31)27(13-16-29(17-14-27)25(30)22-11-12-22)19-21-8-6-9-23(18-21)24-10-5-4-7-20(24)2/h3-10,18,22H,1,11-17,19H2,2H3,(H,28,31). The number of aryl methyl sites for hydroxylation is 1. The Balaban J connectivity index is 1.56. The fourth-order valence-electron chi connectivity index (χ4n) is 4.72. The number of amides is 2. The lowest BCUT2D eigenvalue weighted by atomic mass is 9.72. The van der Waals surface area contributed by atoms with E-state index in [1.807, 2.05) is 4.90 Å². The Morgan fingerprint density at radius 2 is 1.87 bits per heavy atom. The van der Waals surface area contributed by atoms with Crippen LogP contribution in [0.15, 0.2) is 61.2 Å². The van der Waals surface area contributed by atoms with E-state index in [2.05, 4.69) is 67.4 Å². The molecule has 0 atom stereocenters. The average Bonchev–Trinajstić information content (AvgIpc) is 3.63. The van der Waals surface area contributed by atoms with E-state index >= 15 is 0 Å². The predicted octanol–water partition coefficient (Wildman–Crippen LogP) is 4.53. The van der Waals surface area contributed by atoms with E-state index in [0.29, 0.717) is 38.9 Å². The minimum atomic E-state index is -0.492. The number of nitrogens with zero attached hydrogens (tertiary/aromatic N) is 1. The van der Waals surface area contributed by atoms with Crippen molar-refractivity contribution >= 4 is 11.8 Å². The van der Waals surface area contributed by atoms with Crippen LogP contribution in [0.5, 0.6) is 0 Å². The first kappa shape index (κ1) is 21.4. The molecule has 1 N–H and O–H groups in total. The van der Waals surface area contributed by atoms with Crippen molar-refractivity contribution in [3.05, 3.63) is 72.3 Å². The second-order valence-electron chi connectivity index (χ2n) is 9.07. The Kier molecular flexibility index (Phi) is 6.26. The quantitative estimate of drug-likeness (QED) is 0.675. The molecule has 4 rings (SSSR count). The Morgan fingerprint density at radius 3 is 2.55 bits per heavy atom. The van der Waals surface area contributed by atoms with Gasteiger partial charge in [-0.15, -0.1) is 6.58 Å². The van der Waals surface area contributed by atoms with Gasteiger partial charge in [0.05, 0.1) is 5.41 Å². The molecule has 0 bridgehead atoms. The molecular weight excluding hydrogens is 384 g/mol. The smallest absolute Gasteiger partial charge is 0.226 e. The zero-order valence-corrected chi connectivity index (χ0v) is 18.4. The number of carbonyl (C=O) groups excluding carboxylic acids is 2. The maximum atomic E-state index is 13.3.